The van der Waals surface area contributed by atoms with Crippen LogP contribution in [0.5, 0.6) is 0 Å². The van der Waals surface area contributed by atoms with Gasteiger partial charge in [-0.05, 0) is 51.5 Å². The van der Waals surface area contributed by atoms with E-state index in [1.165, 1.54) is 12.8 Å². The Morgan fingerprint density at radius 2 is 2.05 bits per heavy atom. The molecule has 2 heterocycles. The van der Waals surface area contributed by atoms with E-state index in [4.69, 9.17) is 4.74 Å². The Morgan fingerprint density at radius 3 is 2.71 bits per heavy atom. The molecule has 21 heavy (non-hydrogen) atoms. The molecule has 0 aromatic rings. The fourth-order valence-corrected chi connectivity index (χ4v) is 4.80. The predicted molar refractivity (Wildman–Crippen MR) is 81.2 cm³/mol. The highest BCUT2D eigenvalue weighted by molar-refractivity contribution is 7.87. The number of hydrogen-bond donors (Lipinski definition) is 2. The molecule has 2 N–H and O–H groups in total. The summed E-state index contributed by atoms with van der Waals surface area (Å²) in [5.74, 6) is 0.438. The first kappa shape index (κ1) is 15.7. The Morgan fingerprint density at radius 1 is 1.24 bits per heavy atom. The third-order valence-electron chi connectivity index (χ3n) is 4.77. The third-order valence-corrected chi connectivity index (χ3v) is 6.38. The zero-order valence-corrected chi connectivity index (χ0v) is 13.6. The van der Waals surface area contributed by atoms with Crippen molar-refractivity contribution in [3.05, 3.63) is 0 Å². The molecule has 0 amide bonds. The topological polar surface area (TPSA) is 70.7 Å². The largest absolute Gasteiger partial charge is 0.377 e. The number of ether oxygens (including phenoxy) is 1. The average Bonchev–Trinajstić information content (AvgIpc) is 3.21. The Kier molecular flexibility index (Phi) is 4.85. The van der Waals surface area contributed by atoms with Gasteiger partial charge in [0.2, 0.25) is 0 Å². The second-order valence-corrected chi connectivity index (χ2v) is 8.34. The van der Waals surface area contributed by atoms with Crippen LogP contribution in [0.15, 0.2) is 0 Å². The number of piperidine rings is 1. The summed E-state index contributed by atoms with van der Waals surface area (Å²) in [5, 5.41) is 3.52. The number of rotatable bonds is 6. The zero-order chi connectivity index (χ0) is 14.9. The van der Waals surface area contributed by atoms with Crippen molar-refractivity contribution in [2.45, 2.75) is 57.2 Å². The van der Waals surface area contributed by atoms with Crippen molar-refractivity contribution in [2.24, 2.45) is 5.92 Å². The average molecular weight is 317 g/mol. The van der Waals surface area contributed by atoms with E-state index in [0.29, 0.717) is 31.7 Å². The van der Waals surface area contributed by atoms with Gasteiger partial charge in [0.15, 0.2) is 0 Å². The Hall–Kier alpha value is -0.210. The molecule has 2 saturated heterocycles. The number of nitrogens with one attached hydrogen (secondary N) is 2. The van der Waals surface area contributed by atoms with Crippen molar-refractivity contribution in [2.75, 3.05) is 26.2 Å². The lowest BCUT2D eigenvalue weighted by molar-refractivity contribution is 0.116. The highest BCUT2D eigenvalue weighted by Gasteiger charge is 2.34. The van der Waals surface area contributed by atoms with E-state index in [9.17, 15) is 8.42 Å². The molecule has 122 valence electrons. The molecule has 3 atom stereocenters. The molecular weight excluding hydrogens is 290 g/mol. The van der Waals surface area contributed by atoms with Crippen LogP contribution in [0.2, 0.25) is 0 Å². The maximum atomic E-state index is 12.5. The second kappa shape index (κ2) is 6.50. The lowest BCUT2D eigenvalue weighted by Crippen LogP contribution is -2.51. The first-order chi connectivity index (χ1) is 10.0. The predicted octanol–water partition coefficient (Wildman–Crippen LogP) is 0.462. The van der Waals surface area contributed by atoms with Crippen molar-refractivity contribution in [1.29, 1.82) is 0 Å². The summed E-state index contributed by atoms with van der Waals surface area (Å²) in [5.41, 5.74) is 0. The van der Waals surface area contributed by atoms with Gasteiger partial charge in [-0.1, -0.05) is 0 Å². The molecule has 0 bridgehead atoms. The summed E-state index contributed by atoms with van der Waals surface area (Å²) >= 11 is 0. The van der Waals surface area contributed by atoms with Gasteiger partial charge in [-0.2, -0.15) is 17.4 Å². The third kappa shape index (κ3) is 4.16. The van der Waals surface area contributed by atoms with Gasteiger partial charge < -0.3 is 10.1 Å². The van der Waals surface area contributed by atoms with Gasteiger partial charge in [-0.25, -0.2) is 0 Å². The molecule has 3 aliphatic rings. The van der Waals surface area contributed by atoms with Crippen LogP contribution in [-0.4, -0.2) is 57.2 Å². The molecule has 3 unspecified atom stereocenters. The van der Waals surface area contributed by atoms with Crippen LogP contribution in [0.25, 0.3) is 0 Å². The van der Waals surface area contributed by atoms with Crippen molar-refractivity contribution in [3.8, 4) is 0 Å². The Balaban J connectivity index is 1.53. The first-order valence-electron chi connectivity index (χ1n) is 8.17. The maximum absolute atomic E-state index is 12.5. The van der Waals surface area contributed by atoms with Gasteiger partial charge in [0.1, 0.15) is 0 Å². The Labute approximate surface area is 127 Å². The van der Waals surface area contributed by atoms with E-state index in [-0.39, 0.29) is 12.1 Å². The monoisotopic (exact) mass is 317 g/mol. The first-order valence-corrected chi connectivity index (χ1v) is 9.61. The highest BCUT2D eigenvalue weighted by Crippen LogP contribution is 2.23. The van der Waals surface area contributed by atoms with E-state index in [1.54, 1.807) is 4.31 Å². The SMILES string of the molecule is CC1OCCC1NS(=O)(=O)N1CCCC(CNC2CC2)C1. The number of hydrogen-bond acceptors (Lipinski definition) is 4. The molecule has 6 nitrogen and oxygen atoms in total. The minimum Gasteiger partial charge on any atom is -0.377 e. The molecule has 0 aromatic carbocycles. The molecule has 3 rings (SSSR count). The van der Waals surface area contributed by atoms with Gasteiger partial charge in [0, 0.05) is 25.7 Å². The molecule has 0 spiro atoms. The minimum absolute atomic E-state index is 0.0307. The van der Waals surface area contributed by atoms with Crippen LogP contribution in [0.4, 0.5) is 0 Å². The quantitative estimate of drug-likeness (QED) is 0.747. The van der Waals surface area contributed by atoms with Crippen LogP contribution < -0.4 is 10.0 Å². The maximum Gasteiger partial charge on any atom is 0.279 e. The molecule has 7 heteroatoms. The summed E-state index contributed by atoms with van der Waals surface area (Å²) < 4.78 is 34.9. The van der Waals surface area contributed by atoms with Crippen LogP contribution in [0.3, 0.4) is 0 Å². The lowest BCUT2D eigenvalue weighted by Gasteiger charge is -2.33. The van der Waals surface area contributed by atoms with E-state index < -0.39 is 10.2 Å². The van der Waals surface area contributed by atoms with Gasteiger partial charge in [0.25, 0.3) is 10.2 Å². The minimum atomic E-state index is -3.38. The van der Waals surface area contributed by atoms with Crippen molar-refractivity contribution < 1.29 is 13.2 Å². The Bertz CT molecular complexity index is 452. The lowest BCUT2D eigenvalue weighted by atomic mass is 10.00. The van der Waals surface area contributed by atoms with E-state index in [2.05, 4.69) is 10.0 Å². The summed E-state index contributed by atoms with van der Waals surface area (Å²) in [7, 11) is -3.38. The van der Waals surface area contributed by atoms with Crippen LogP contribution in [-0.2, 0) is 14.9 Å². The summed E-state index contributed by atoms with van der Waals surface area (Å²) in [4.78, 5) is 0. The standard InChI is InChI=1S/C14H27N3O3S/c1-11-14(6-8-20-11)16-21(18,19)17-7-2-3-12(10-17)9-15-13-4-5-13/h11-16H,2-10H2,1H3. The fourth-order valence-electron chi connectivity index (χ4n) is 3.18. The van der Waals surface area contributed by atoms with Gasteiger partial charge in [-0.3, -0.25) is 0 Å². The fraction of sp³-hybridized carbons (Fsp3) is 1.00. The molecule has 1 aliphatic carbocycles. The number of nitrogens with zero attached hydrogens (tertiary/aromatic N) is 1. The van der Waals surface area contributed by atoms with Gasteiger partial charge in [0.05, 0.1) is 12.1 Å². The molecule has 1 saturated carbocycles. The van der Waals surface area contributed by atoms with Crippen LogP contribution >= 0.6 is 0 Å². The summed E-state index contributed by atoms with van der Waals surface area (Å²) in [6.45, 7) is 4.79. The van der Waals surface area contributed by atoms with Gasteiger partial charge >= 0.3 is 0 Å². The van der Waals surface area contributed by atoms with Gasteiger partial charge in [-0.15, -0.1) is 0 Å². The summed E-state index contributed by atoms with van der Waals surface area (Å²) in [6, 6.07) is 0.603. The molecular formula is C14H27N3O3S. The normalized spacial score (nSPS) is 35.2. The van der Waals surface area contributed by atoms with Crippen molar-refractivity contribution in [1.82, 2.24) is 14.3 Å². The van der Waals surface area contributed by atoms with Crippen molar-refractivity contribution >= 4 is 10.2 Å². The molecule has 2 aliphatic heterocycles. The van der Waals surface area contributed by atoms with Crippen LogP contribution in [0.1, 0.15) is 39.0 Å². The van der Waals surface area contributed by atoms with E-state index in [0.717, 1.165) is 25.8 Å². The zero-order valence-electron chi connectivity index (χ0n) is 12.8. The van der Waals surface area contributed by atoms with Crippen molar-refractivity contribution in [3.63, 3.8) is 0 Å². The highest BCUT2D eigenvalue weighted by atomic mass is 32.2. The molecule has 0 aromatic heterocycles. The molecule has 0 radical (unpaired) electrons. The van der Waals surface area contributed by atoms with E-state index >= 15 is 0 Å². The van der Waals surface area contributed by atoms with Crippen LogP contribution in [0, 0.1) is 5.92 Å². The summed E-state index contributed by atoms with van der Waals surface area (Å²) in [6.07, 6.45) is 5.35. The second-order valence-electron chi connectivity index (χ2n) is 6.64. The van der Waals surface area contributed by atoms with E-state index in [1.807, 2.05) is 6.92 Å². The smallest absolute Gasteiger partial charge is 0.279 e. The molecule has 3 fully saturated rings.